The van der Waals surface area contributed by atoms with E-state index in [1.807, 2.05) is 47.0 Å². The van der Waals surface area contributed by atoms with E-state index in [0.717, 1.165) is 11.3 Å². The first-order valence-corrected chi connectivity index (χ1v) is 11.6. The monoisotopic (exact) mass is 477 g/mol. The second kappa shape index (κ2) is 11.3. The highest BCUT2D eigenvalue weighted by atomic mass is 32.2. The normalized spacial score (nSPS) is 10.7. The van der Waals surface area contributed by atoms with Gasteiger partial charge in [0.05, 0.1) is 25.2 Å². The summed E-state index contributed by atoms with van der Waals surface area (Å²) in [6, 6.07) is 16.4. The van der Waals surface area contributed by atoms with Gasteiger partial charge in [0.15, 0.2) is 11.0 Å². The van der Waals surface area contributed by atoms with E-state index in [-0.39, 0.29) is 24.8 Å². The number of hydrogen-bond acceptors (Lipinski definition) is 8. The average Bonchev–Trinajstić information content (AvgIpc) is 3.53. The first kappa shape index (κ1) is 23.2. The standard InChI is InChI=1S/C24H23N5O4S/c1-2-32-22(31)16-28(19-7-4-3-5-8-19)21(30)17-34-24-27-26-23(18-10-12-25-13-11-18)29(24)15-20-9-6-14-33-20/h3-14H,2,15-17H2,1H3. The molecule has 174 valence electrons. The first-order chi connectivity index (χ1) is 16.7. The quantitative estimate of drug-likeness (QED) is 0.252. The summed E-state index contributed by atoms with van der Waals surface area (Å²) in [5, 5.41) is 9.22. The van der Waals surface area contributed by atoms with E-state index < -0.39 is 5.97 Å². The number of pyridine rings is 1. The third-order valence-electron chi connectivity index (χ3n) is 4.84. The molecule has 0 saturated carbocycles. The fraction of sp³-hybridized carbons (Fsp3) is 0.208. The van der Waals surface area contributed by atoms with Crippen molar-refractivity contribution in [2.45, 2.75) is 18.6 Å². The topological polar surface area (TPSA) is 103 Å². The molecule has 3 aromatic heterocycles. The summed E-state index contributed by atoms with van der Waals surface area (Å²) < 4.78 is 12.5. The summed E-state index contributed by atoms with van der Waals surface area (Å²) in [6.07, 6.45) is 4.98. The molecular formula is C24H23N5O4S. The zero-order chi connectivity index (χ0) is 23.8. The van der Waals surface area contributed by atoms with Crippen LogP contribution in [-0.2, 0) is 20.9 Å². The van der Waals surface area contributed by atoms with Crippen molar-refractivity contribution >= 4 is 29.3 Å². The van der Waals surface area contributed by atoms with Crippen molar-refractivity contribution in [2.75, 3.05) is 23.8 Å². The van der Waals surface area contributed by atoms with Crippen LogP contribution in [0.25, 0.3) is 11.4 Å². The molecule has 0 unspecified atom stereocenters. The van der Waals surface area contributed by atoms with E-state index in [4.69, 9.17) is 9.15 Å². The number of aromatic nitrogens is 4. The van der Waals surface area contributed by atoms with Crippen molar-refractivity contribution < 1.29 is 18.7 Å². The molecule has 0 aliphatic carbocycles. The number of esters is 1. The number of benzene rings is 1. The van der Waals surface area contributed by atoms with Crippen LogP contribution in [0.5, 0.6) is 0 Å². The van der Waals surface area contributed by atoms with Gasteiger partial charge in [0.2, 0.25) is 5.91 Å². The van der Waals surface area contributed by atoms with Gasteiger partial charge in [-0.05, 0) is 43.3 Å². The number of para-hydroxylation sites is 1. The van der Waals surface area contributed by atoms with Crippen LogP contribution in [0.3, 0.4) is 0 Å². The minimum Gasteiger partial charge on any atom is -0.467 e. The third kappa shape index (κ3) is 5.70. The van der Waals surface area contributed by atoms with Crippen LogP contribution in [0.2, 0.25) is 0 Å². The van der Waals surface area contributed by atoms with E-state index in [9.17, 15) is 9.59 Å². The molecule has 10 heteroatoms. The summed E-state index contributed by atoms with van der Waals surface area (Å²) in [7, 11) is 0. The van der Waals surface area contributed by atoms with Crippen molar-refractivity contribution in [1.29, 1.82) is 0 Å². The molecule has 34 heavy (non-hydrogen) atoms. The number of carbonyl (C=O) groups excluding carboxylic acids is 2. The van der Waals surface area contributed by atoms with E-state index in [2.05, 4.69) is 15.2 Å². The Morgan fingerprint density at radius 1 is 1.06 bits per heavy atom. The summed E-state index contributed by atoms with van der Waals surface area (Å²) >= 11 is 1.24. The van der Waals surface area contributed by atoms with Crippen LogP contribution >= 0.6 is 11.8 Å². The summed E-state index contributed by atoms with van der Waals surface area (Å²) in [6.45, 7) is 2.21. The minimum absolute atomic E-state index is 0.0565. The molecule has 0 atom stereocenters. The molecule has 0 saturated heterocycles. The van der Waals surface area contributed by atoms with Gasteiger partial charge < -0.3 is 14.1 Å². The maximum absolute atomic E-state index is 13.2. The van der Waals surface area contributed by atoms with Crippen LogP contribution in [0.1, 0.15) is 12.7 Å². The van der Waals surface area contributed by atoms with Crippen molar-refractivity contribution in [2.24, 2.45) is 0 Å². The molecule has 0 spiro atoms. The van der Waals surface area contributed by atoms with Crippen LogP contribution in [0, 0.1) is 0 Å². The van der Waals surface area contributed by atoms with E-state index in [1.165, 1.54) is 16.7 Å². The largest absolute Gasteiger partial charge is 0.467 e. The van der Waals surface area contributed by atoms with Gasteiger partial charge >= 0.3 is 5.97 Å². The number of thioether (sulfide) groups is 1. The smallest absolute Gasteiger partial charge is 0.326 e. The number of anilines is 1. The summed E-state index contributed by atoms with van der Waals surface area (Å²) in [4.78, 5) is 30.8. The molecule has 9 nitrogen and oxygen atoms in total. The van der Waals surface area contributed by atoms with Gasteiger partial charge in [-0.25, -0.2) is 0 Å². The van der Waals surface area contributed by atoms with Crippen LogP contribution < -0.4 is 4.90 Å². The Hall–Kier alpha value is -3.92. The predicted octanol–water partition coefficient (Wildman–Crippen LogP) is 3.67. The SMILES string of the molecule is CCOC(=O)CN(C(=O)CSc1nnc(-c2ccncc2)n1Cc1ccco1)c1ccccc1. The molecule has 1 aromatic carbocycles. The molecule has 1 amide bonds. The highest BCUT2D eigenvalue weighted by Crippen LogP contribution is 2.26. The van der Waals surface area contributed by atoms with E-state index in [0.29, 0.717) is 23.2 Å². The molecule has 3 heterocycles. The number of furan rings is 1. The lowest BCUT2D eigenvalue weighted by Crippen LogP contribution is -2.37. The number of nitrogens with zero attached hydrogens (tertiary/aromatic N) is 5. The van der Waals surface area contributed by atoms with Gasteiger partial charge in [0.25, 0.3) is 0 Å². The Morgan fingerprint density at radius 2 is 1.85 bits per heavy atom. The summed E-state index contributed by atoms with van der Waals surface area (Å²) in [5.74, 6) is 0.714. The Kier molecular flexibility index (Phi) is 7.71. The first-order valence-electron chi connectivity index (χ1n) is 10.7. The molecule has 0 aliphatic rings. The van der Waals surface area contributed by atoms with Gasteiger partial charge in [-0.3, -0.25) is 19.1 Å². The Morgan fingerprint density at radius 3 is 2.56 bits per heavy atom. The lowest BCUT2D eigenvalue weighted by atomic mass is 10.2. The molecule has 0 bridgehead atoms. The van der Waals surface area contributed by atoms with Crippen molar-refractivity contribution in [3.8, 4) is 11.4 Å². The average molecular weight is 478 g/mol. The van der Waals surface area contributed by atoms with Gasteiger partial charge in [-0.2, -0.15) is 0 Å². The molecule has 4 aromatic rings. The highest BCUT2D eigenvalue weighted by Gasteiger charge is 2.22. The molecule has 0 radical (unpaired) electrons. The maximum Gasteiger partial charge on any atom is 0.326 e. The van der Waals surface area contributed by atoms with Gasteiger partial charge in [0.1, 0.15) is 12.3 Å². The highest BCUT2D eigenvalue weighted by molar-refractivity contribution is 7.99. The number of hydrogen-bond donors (Lipinski definition) is 0. The Labute approximate surface area is 200 Å². The number of ether oxygens (including phenoxy) is 1. The van der Waals surface area contributed by atoms with Gasteiger partial charge in [-0.1, -0.05) is 30.0 Å². The van der Waals surface area contributed by atoms with Crippen LogP contribution in [0.15, 0.2) is 82.8 Å². The second-order valence-electron chi connectivity index (χ2n) is 7.12. The van der Waals surface area contributed by atoms with Crippen molar-refractivity contribution in [1.82, 2.24) is 19.7 Å². The molecule has 4 rings (SSSR count). The summed E-state index contributed by atoms with van der Waals surface area (Å²) in [5.41, 5.74) is 1.47. The van der Waals surface area contributed by atoms with Gasteiger partial charge in [0, 0.05) is 23.6 Å². The predicted molar refractivity (Wildman–Crippen MR) is 127 cm³/mol. The number of amides is 1. The van der Waals surface area contributed by atoms with Crippen molar-refractivity contribution in [3.63, 3.8) is 0 Å². The Balaban J connectivity index is 1.56. The van der Waals surface area contributed by atoms with Crippen molar-refractivity contribution in [3.05, 3.63) is 79.0 Å². The Bertz CT molecular complexity index is 1210. The lowest BCUT2D eigenvalue weighted by molar-refractivity contribution is -0.142. The zero-order valence-electron chi connectivity index (χ0n) is 18.5. The minimum atomic E-state index is -0.467. The van der Waals surface area contributed by atoms with E-state index in [1.54, 1.807) is 37.7 Å². The fourth-order valence-electron chi connectivity index (χ4n) is 3.28. The van der Waals surface area contributed by atoms with Crippen LogP contribution in [0.4, 0.5) is 5.69 Å². The van der Waals surface area contributed by atoms with E-state index >= 15 is 0 Å². The zero-order valence-corrected chi connectivity index (χ0v) is 19.4. The third-order valence-corrected chi connectivity index (χ3v) is 5.79. The molecule has 0 fully saturated rings. The second-order valence-corrected chi connectivity index (χ2v) is 8.06. The number of rotatable bonds is 10. The lowest BCUT2D eigenvalue weighted by Gasteiger charge is -2.21. The molecule has 0 aliphatic heterocycles. The number of carbonyl (C=O) groups is 2. The van der Waals surface area contributed by atoms with Crippen LogP contribution in [-0.4, -0.2) is 50.5 Å². The fourth-order valence-corrected chi connectivity index (χ4v) is 4.10. The maximum atomic E-state index is 13.2. The molecule has 0 N–H and O–H groups in total. The van der Waals surface area contributed by atoms with Gasteiger partial charge in [-0.15, -0.1) is 10.2 Å². The molecular weight excluding hydrogens is 454 g/mol.